The molecule has 8 heteroatoms. The lowest BCUT2D eigenvalue weighted by Crippen LogP contribution is -2.40. The zero-order valence-corrected chi connectivity index (χ0v) is 15.2. The van der Waals surface area contributed by atoms with Crippen molar-refractivity contribution in [2.75, 3.05) is 24.7 Å². The van der Waals surface area contributed by atoms with Gasteiger partial charge in [0.2, 0.25) is 0 Å². The zero-order valence-electron chi connectivity index (χ0n) is 12.9. The summed E-state index contributed by atoms with van der Waals surface area (Å²) in [6.45, 7) is 4.22. The van der Waals surface area contributed by atoms with Crippen LogP contribution in [0.2, 0.25) is 10.0 Å². The van der Waals surface area contributed by atoms with E-state index in [1.54, 1.807) is 43.8 Å². The summed E-state index contributed by atoms with van der Waals surface area (Å²) >= 11 is 13.6. The van der Waals surface area contributed by atoms with Crippen LogP contribution in [0.3, 0.4) is 0 Å². The molecule has 0 spiro atoms. The predicted octanol–water partition coefficient (Wildman–Crippen LogP) is 3.44. The number of ether oxygens (including phenoxy) is 1. The number of thioether (sulfide) groups is 1. The molecule has 0 radical (unpaired) electrons. The second-order valence-electron chi connectivity index (χ2n) is 5.52. The molecule has 1 fully saturated rings. The summed E-state index contributed by atoms with van der Waals surface area (Å²) in [6.07, 6.45) is 0. The molecule has 0 atom stereocenters. The lowest BCUT2D eigenvalue weighted by atomic mass is 10.1. The molecule has 0 unspecified atom stereocenters. The maximum atomic E-state index is 12.0. The molecule has 1 saturated heterocycles. The van der Waals surface area contributed by atoms with Crippen LogP contribution in [-0.2, 0) is 4.79 Å². The second kappa shape index (κ2) is 7.64. The Morgan fingerprint density at radius 1 is 1.22 bits per heavy atom. The van der Waals surface area contributed by atoms with Crippen molar-refractivity contribution < 1.29 is 14.3 Å². The number of benzene rings is 1. The summed E-state index contributed by atoms with van der Waals surface area (Å²) in [5.41, 5.74) is -0.814. The number of urea groups is 1. The quantitative estimate of drug-likeness (QED) is 0.584. The normalized spacial score (nSPS) is 16.6. The molecule has 0 saturated carbocycles. The van der Waals surface area contributed by atoms with Gasteiger partial charge in [-0.05, 0) is 26.0 Å². The number of carbonyl (C=O) groups is 2. The molecule has 1 aliphatic heterocycles. The minimum absolute atomic E-state index is 0.192. The first kappa shape index (κ1) is 18.2. The molecule has 2 rings (SSSR count). The molecule has 0 aliphatic carbocycles. The molecule has 23 heavy (non-hydrogen) atoms. The van der Waals surface area contributed by atoms with Crippen LogP contribution in [0.5, 0.6) is 5.75 Å². The third kappa shape index (κ3) is 4.46. The van der Waals surface area contributed by atoms with E-state index in [4.69, 9.17) is 27.9 Å². The van der Waals surface area contributed by atoms with Gasteiger partial charge in [0.05, 0.1) is 16.7 Å². The minimum atomic E-state index is -0.814. The first-order chi connectivity index (χ1) is 10.8. The van der Waals surface area contributed by atoms with Crippen LogP contribution in [0, 0.1) is 0 Å². The van der Waals surface area contributed by atoms with E-state index in [0.717, 1.165) is 0 Å². The van der Waals surface area contributed by atoms with E-state index >= 15 is 0 Å². The Labute approximate surface area is 149 Å². The zero-order chi connectivity index (χ0) is 17.0. The molecule has 3 amide bonds. The van der Waals surface area contributed by atoms with Gasteiger partial charge in [0, 0.05) is 18.1 Å². The van der Waals surface area contributed by atoms with Gasteiger partial charge < -0.3 is 10.1 Å². The van der Waals surface area contributed by atoms with Crippen LogP contribution in [-0.4, -0.2) is 47.0 Å². The SMILES string of the molecule is CC1(C)NC(=O)N(CCSCCOc2c(Cl)cccc2Cl)C1=O. The molecule has 126 valence electrons. The van der Waals surface area contributed by atoms with Gasteiger partial charge in [-0.15, -0.1) is 0 Å². The fourth-order valence-electron chi connectivity index (χ4n) is 2.10. The Kier molecular flexibility index (Phi) is 6.06. The smallest absolute Gasteiger partial charge is 0.325 e. The Balaban J connectivity index is 1.69. The molecular weight excluding hydrogens is 359 g/mol. The Morgan fingerprint density at radius 3 is 2.43 bits per heavy atom. The Morgan fingerprint density at radius 2 is 1.87 bits per heavy atom. The van der Waals surface area contributed by atoms with Gasteiger partial charge in [-0.3, -0.25) is 9.69 Å². The van der Waals surface area contributed by atoms with E-state index < -0.39 is 5.54 Å². The Bertz CT molecular complexity index is 590. The number of hydrogen-bond acceptors (Lipinski definition) is 4. The van der Waals surface area contributed by atoms with Crippen molar-refractivity contribution in [1.82, 2.24) is 10.2 Å². The van der Waals surface area contributed by atoms with E-state index in [1.165, 1.54) is 4.90 Å². The third-order valence-corrected chi connectivity index (χ3v) is 4.82. The molecule has 5 nitrogen and oxygen atoms in total. The fraction of sp³-hybridized carbons (Fsp3) is 0.467. The van der Waals surface area contributed by atoms with Gasteiger partial charge in [-0.2, -0.15) is 11.8 Å². The van der Waals surface area contributed by atoms with E-state index in [9.17, 15) is 9.59 Å². The molecule has 0 aromatic heterocycles. The average Bonchev–Trinajstić information content (AvgIpc) is 2.66. The molecule has 1 heterocycles. The van der Waals surface area contributed by atoms with E-state index in [0.29, 0.717) is 40.5 Å². The topological polar surface area (TPSA) is 58.6 Å². The summed E-state index contributed by atoms with van der Waals surface area (Å²) < 4.78 is 5.57. The highest BCUT2D eigenvalue weighted by atomic mass is 35.5. The van der Waals surface area contributed by atoms with Crippen molar-refractivity contribution in [2.45, 2.75) is 19.4 Å². The maximum absolute atomic E-state index is 12.0. The summed E-state index contributed by atoms with van der Waals surface area (Å²) in [5, 5.41) is 3.61. The van der Waals surface area contributed by atoms with E-state index in [-0.39, 0.29) is 11.9 Å². The maximum Gasteiger partial charge on any atom is 0.325 e. The number of hydrogen-bond donors (Lipinski definition) is 1. The molecular formula is C15H18Cl2N2O3S. The number of rotatable bonds is 7. The first-order valence-corrected chi connectivity index (χ1v) is 9.02. The molecule has 1 N–H and O–H groups in total. The standard InChI is InChI=1S/C15H18Cl2N2O3S/c1-15(2)13(20)19(14(21)18-15)6-8-23-9-7-22-12-10(16)4-3-5-11(12)17/h3-5H,6-9H2,1-2H3,(H,18,21). The third-order valence-electron chi connectivity index (χ3n) is 3.30. The van der Waals surface area contributed by atoms with Crippen LogP contribution < -0.4 is 10.1 Å². The molecule has 1 aromatic rings. The molecule has 1 aromatic carbocycles. The average molecular weight is 377 g/mol. The molecule has 0 bridgehead atoms. The summed E-state index contributed by atoms with van der Waals surface area (Å²) in [7, 11) is 0. The number of amides is 3. The first-order valence-electron chi connectivity index (χ1n) is 7.11. The number of nitrogens with zero attached hydrogens (tertiary/aromatic N) is 1. The van der Waals surface area contributed by atoms with Gasteiger partial charge in [-0.1, -0.05) is 29.3 Å². The summed E-state index contributed by atoms with van der Waals surface area (Å²) in [5.74, 6) is 1.64. The van der Waals surface area contributed by atoms with E-state index in [2.05, 4.69) is 5.32 Å². The Hall–Kier alpha value is -1.11. The van der Waals surface area contributed by atoms with Crippen molar-refractivity contribution in [3.05, 3.63) is 28.2 Å². The lowest BCUT2D eigenvalue weighted by molar-refractivity contribution is -0.130. The predicted molar refractivity (Wildman–Crippen MR) is 93.6 cm³/mol. The van der Waals surface area contributed by atoms with Gasteiger partial charge in [0.25, 0.3) is 5.91 Å². The van der Waals surface area contributed by atoms with Crippen molar-refractivity contribution in [1.29, 1.82) is 0 Å². The van der Waals surface area contributed by atoms with Gasteiger partial charge >= 0.3 is 6.03 Å². The van der Waals surface area contributed by atoms with Crippen molar-refractivity contribution in [3.63, 3.8) is 0 Å². The lowest BCUT2D eigenvalue weighted by Gasteiger charge is -2.15. The molecule has 1 aliphatic rings. The second-order valence-corrected chi connectivity index (χ2v) is 7.56. The highest BCUT2D eigenvalue weighted by Gasteiger charge is 2.43. The fourth-order valence-corrected chi connectivity index (χ4v) is 3.33. The van der Waals surface area contributed by atoms with Crippen LogP contribution in [0.15, 0.2) is 18.2 Å². The number of nitrogens with one attached hydrogen (secondary N) is 1. The van der Waals surface area contributed by atoms with Crippen LogP contribution in [0.4, 0.5) is 4.79 Å². The monoisotopic (exact) mass is 376 g/mol. The largest absolute Gasteiger partial charge is 0.490 e. The van der Waals surface area contributed by atoms with Gasteiger partial charge in [-0.25, -0.2) is 4.79 Å². The van der Waals surface area contributed by atoms with Gasteiger partial charge in [0.15, 0.2) is 5.75 Å². The minimum Gasteiger partial charge on any atom is -0.490 e. The summed E-state index contributed by atoms with van der Waals surface area (Å²) in [6, 6.07) is 4.86. The summed E-state index contributed by atoms with van der Waals surface area (Å²) in [4.78, 5) is 25.0. The van der Waals surface area contributed by atoms with Crippen molar-refractivity contribution >= 4 is 46.9 Å². The highest BCUT2D eigenvalue weighted by Crippen LogP contribution is 2.32. The number of carbonyl (C=O) groups excluding carboxylic acids is 2. The van der Waals surface area contributed by atoms with Crippen molar-refractivity contribution in [2.24, 2.45) is 0 Å². The van der Waals surface area contributed by atoms with Crippen molar-refractivity contribution in [3.8, 4) is 5.75 Å². The van der Waals surface area contributed by atoms with Crippen LogP contribution >= 0.6 is 35.0 Å². The number of para-hydroxylation sites is 1. The van der Waals surface area contributed by atoms with Gasteiger partial charge in [0.1, 0.15) is 5.54 Å². The number of halogens is 2. The van der Waals surface area contributed by atoms with Crippen LogP contribution in [0.25, 0.3) is 0 Å². The number of imide groups is 1. The highest BCUT2D eigenvalue weighted by molar-refractivity contribution is 7.99. The van der Waals surface area contributed by atoms with Crippen LogP contribution in [0.1, 0.15) is 13.8 Å². The van der Waals surface area contributed by atoms with E-state index in [1.807, 2.05) is 0 Å².